The molecule has 1 aliphatic rings. The van der Waals surface area contributed by atoms with Crippen molar-refractivity contribution in [1.82, 2.24) is 9.80 Å². The molecule has 1 rings (SSSR count). The van der Waals surface area contributed by atoms with Crippen molar-refractivity contribution in [2.75, 3.05) is 20.1 Å². The highest BCUT2D eigenvalue weighted by Crippen LogP contribution is 2.07. The SMILES string of the molecule is C#CCCN1C(=O)CN(C)C1=O. The summed E-state index contributed by atoms with van der Waals surface area (Å²) >= 11 is 0. The van der Waals surface area contributed by atoms with Gasteiger partial charge in [0.05, 0.1) is 0 Å². The molecule has 1 heterocycles. The van der Waals surface area contributed by atoms with Crippen molar-refractivity contribution in [2.45, 2.75) is 6.42 Å². The van der Waals surface area contributed by atoms with Crippen LogP contribution in [0.5, 0.6) is 0 Å². The highest BCUT2D eigenvalue weighted by Gasteiger charge is 2.32. The Bertz CT molecular complexity index is 254. The molecule has 0 atom stereocenters. The summed E-state index contributed by atoms with van der Waals surface area (Å²) < 4.78 is 0. The Morgan fingerprint density at radius 2 is 2.25 bits per heavy atom. The third kappa shape index (κ3) is 1.40. The highest BCUT2D eigenvalue weighted by molar-refractivity contribution is 6.01. The molecule has 0 aliphatic carbocycles. The van der Waals surface area contributed by atoms with Crippen LogP contribution in [0.1, 0.15) is 6.42 Å². The first-order valence-corrected chi connectivity index (χ1v) is 3.65. The third-order valence-corrected chi connectivity index (χ3v) is 1.71. The van der Waals surface area contributed by atoms with Crippen LogP contribution < -0.4 is 0 Å². The van der Waals surface area contributed by atoms with Gasteiger partial charge in [-0.05, 0) is 0 Å². The second-order valence-corrected chi connectivity index (χ2v) is 2.64. The normalized spacial score (nSPS) is 17.0. The number of amides is 3. The number of rotatable bonds is 2. The zero-order valence-corrected chi connectivity index (χ0v) is 6.91. The van der Waals surface area contributed by atoms with Crippen LogP contribution in [0.4, 0.5) is 4.79 Å². The number of terminal acetylenes is 1. The maximum Gasteiger partial charge on any atom is 0.326 e. The second-order valence-electron chi connectivity index (χ2n) is 2.64. The molecule has 4 nitrogen and oxygen atoms in total. The number of nitrogens with zero attached hydrogens (tertiary/aromatic N) is 2. The predicted molar refractivity (Wildman–Crippen MR) is 43.2 cm³/mol. The molecular weight excluding hydrogens is 156 g/mol. The molecule has 64 valence electrons. The topological polar surface area (TPSA) is 40.6 Å². The van der Waals surface area contributed by atoms with Gasteiger partial charge in [0.15, 0.2) is 0 Å². The summed E-state index contributed by atoms with van der Waals surface area (Å²) in [5.41, 5.74) is 0. The van der Waals surface area contributed by atoms with E-state index in [1.54, 1.807) is 7.05 Å². The van der Waals surface area contributed by atoms with Gasteiger partial charge in [-0.25, -0.2) is 4.79 Å². The fourth-order valence-electron chi connectivity index (χ4n) is 1.07. The van der Waals surface area contributed by atoms with Crippen LogP contribution in [0.25, 0.3) is 0 Å². The van der Waals surface area contributed by atoms with Gasteiger partial charge in [-0.1, -0.05) is 0 Å². The fraction of sp³-hybridized carbons (Fsp3) is 0.500. The molecule has 0 unspecified atom stereocenters. The maximum atomic E-state index is 11.2. The molecule has 0 aromatic rings. The molecule has 1 aliphatic heterocycles. The van der Waals surface area contributed by atoms with E-state index in [-0.39, 0.29) is 18.5 Å². The van der Waals surface area contributed by atoms with Crippen molar-refractivity contribution < 1.29 is 9.59 Å². The van der Waals surface area contributed by atoms with Gasteiger partial charge in [0, 0.05) is 20.0 Å². The lowest BCUT2D eigenvalue weighted by Gasteiger charge is -2.11. The van der Waals surface area contributed by atoms with Crippen LogP contribution in [0.15, 0.2) is 0 Å². The highest BCUT2D eigenvalue weighted by atomic mass is 16.2. The Balaban J connectivity index is 2.59. The number of carbonyl (C=O) groups is 2. The largest absolute Gasteiger partial charge is 0.326 e. The lowest BCUT2D eigenvalue weighted by molar-refractivity contribution is -0.125. The molecular formula is C8H10N2O2. The summed E-state index contributed by atoms with van der Waals surface area (Å²) in [6, 6.07) is -0.254. The minimum atomic E-state index is -0.254. The third-order valence-electron chi connectivity index (χ3n) is 1.71. The molecule has 4 heteroatoms. The van der Waals surface area contributed by atoms with E-state index in [4.69, 9.17) is 6.42 Å². The summed E-state index contributed by atoms with van der Waals surface area (Å²) in [4.78, 5) is 24.8. The van der Waals surface area contributed by atoms with E-state index in [0.717, 1.165) is 0 Å². The first-order chi connectivity index (χ1) is 5.66. The smallest absolute Gasteiger partial charge is 0.318 e. The van der Waals surface area contributed by atoms with Crippen molar-refractivity contribution in [3.8, 4) is 12.3 Å². The van der Waals surface area contributed by atoms with E-state index < -0.39 is 0 Å². The molecule has 1 saturated heterocycles. The molecule has 0 saturated carbocycles. The fourth-order valence-corrected chi connectivity index (χ4v) is 1.07. The molecule has 0 radical (unpaired) electrons. The van der Waals surface area contributed by atoms with Gasteiger partial charge in [-0.15, -0.1) is 12.3 Å². The van der Waals surface area contributed by atoms with Crippen molar-refractivity contribution in [3.63, 3.8) is 0 Å². The van der Waals surface area contributed by atoms with Gasteiger partial charge in [-0.3, -0.25) is 9.69 Å². The average Bonchev–Trinajstić information content (AvgIpc) is 2.25. The number of hydrogen-bond donors (Lipinski definition) is 0. The summed E-state index contributed by atoms with van der Waals surface area (Å²) in [5, 5.41) is 0. The van der Waals surface area contributed by atoms with Crippen LogP contribution in [0.2, 0.25) is 0 Å². The number of likely N-dealkylation sites (N-methyl/N-ethyl adjacent to an activating group) is 1. The molecule has 0 aromatic carbocycles. The quantitative estimate of drug-likeness (QED) is 0.424. The first-order valence-electron chi connectivity index (χ1n) is 3.65. The standard InChI is InChI=1S/C8H10N2O2/c1-3-4-5-10-7(11)6-9(2)8(10)12/h1H,4-6H2,2H3. The summed E-state index contributed by atoms with van der Waals surface area (Å²) in [6.07, 6.45) is 5.44. The van der Waals surface area contributed by atoms with Crippen LogP contribution in [0, 0.1) is 12.3 Å². The van der Waals surface area contributed by atoms with Crippen LogP contribution in [0.3, 0.4) is 0 Å². The van der Waals surface area contributed by atoms with E-state index in [1.165, 1.54) is 9.80 Å². The Kier molecular flexibility index (Phi) is 2.34. The van der Waals surface area contributed by atoms with Gasteiger partial charge in [0.2, 0.25) is 5.91 Å². The lowest BCUT2D eigenvalue weighted by Crippen LogP contribution is -2.32. The van der Waals surface area contributed by atoms with Gasteiger partial charge in [-0.2, -0.15) is 0 Å². The zero-order chi connectivity index (χ0) is 9.14. The van der Waals surface area contributed by atoms with Crippen molar-refractivity contribution in [1.29, 1.82) is 0 Å². The molecule has 0 bridgehead atoms. The summed E-state index contributed by atoms with van der Waals surface area (Å²) in [6.45, 7) is 0.502. The van der Waals surface area contributed by atoms with Crippen LogP contribution in [-0.2, 0) is 4.79 Å². The molecule has 0 aromatic heterocycles. The van der Waals surface area contributed by atoms with Gasteiger partial charge >= 0.3 is 6.03 Å². The van der Waals surface area contributed by atoms with E-state index >= 15 is 0 Å². The van der Waals surface area contributed by atoms with Crippen molar-refractivity contribution >= 4 is 11.9 Å². The number of imide groups is 1. The van der Waals surface area contributed by atoms with Gasteiger partial charge in [0.1, 0.15) is 6.54 Å². The number of carbonyl (C=O) groups excluding carboxylic acids is 2. The molecule has 0 N–H and O–H groups in total. The van der Waals surface area contributed by atoms with E-state index in [0.29, 0.717) is 13.0 Å². The molecule has 12 heavy (non-hydrogen) atoms. The maximum absolute atomic E-state index is 11.2. The van der Waals surface area contributed by atoms with Crippen molar-refractivity contribution in [2.24, 2.45) is 0 Å². The molecule has 3 amide bonds. The molecule has 0 spiro atoms. The average molecular weight is 166 g/mol. The zero-order valence-electron chi connectivity index (χ0n) is 6.91. The number of hydrogen-bond acceptors (Lipinski definition) is 2. The summed E-state index contributed by atoms with van der Waals surface area (Å²) in [7, 11) is 1.59. The van der Waals surface area contributed by atoms with Gasteiger partial charge < -0.3 is 4.90 Å². The predicted octanol–water partition coefficient (Wildman–Crippen LogP) is -0.0963. The van der Waals surface area contributed by atoms with Crippen LogP contribution >= 0.6 is 0 Å². The van der Waals surface area contributed by atoms with E-state index in [1.807, 2.05) is 0 Å². The molecule has 1 fully saturated rings. The Labute approximate surface area is 71.1 Å². The second kappa shape index (κ2) is 3.26. The monoisotopic (exact) mass is 166 g/mol. The Morgan fingerprint density at radius 1 is 1.58 bits per heavy atom. The lowest BCUT2D eigenvalue weighted by atomic mass is 10.4. The number of urea groups is 1. The Morgan fingerprint density at radius 3 is 2.67 bits per heavy atom. The minimum Gasteiger partial charge on any atom is -0.318 e. The van der Waals surface area contributed by atoms with Crippen molar-refractivity contribution in [3.05, 3.63) is 0 Å². The summed E-state index contributed by atoms with van der Waals surface area (Å²) in [5.74, 6) is 2.22. The van der Waals surface area contributed by atoms with Gasteiger partial charge in [0.25, 0.3) is 0 Å². The first kappa shape index (κ1) is 8.60. The minimum absolute atomic E-state index is 0.169. The van der Waals surface area contributed by atoms with Crippen LogP contribution in [-0.4, -0.2) is 41.9 Å². The van der Waals surface area contributed by atoms with E-state index in [9.17, 15) is 9.59 Å². The Hall–Kier alpha value is -1.50. The van der Waals surface area contributed by atoms with E-state index in [2.05, 4.69) is 5.92 Å².